The Kier molecular flexibility index (Phi) is 6.40. The second kappa shape index (κ2) is 8.78. The molecule has 3 rings (SSSR count). The highest BCUT2D eigenvalue weighted by atomic mass is 35.5. The van der Waals surface area contributed by atoms with Gasteiger partial charge in [0.1, 0.15) is 5.82 Å². The first kappa shape index (κ1) is 20.4. The Morgan fingerprint density at radius 2 is 1.93 bits per heavy atom. The van der Waals surface area contributed by atoms with E-state index in [4.69, 9.17) is 11.6 Å². The number of carbonyl (C=O) groups is 1. The van der Waals surface area contributed by atoms with Gasteiger partial charge in [0.15, 0.2) is 0 Å². The van der Waals surface area contributed by atoms with Crippen molar-refractivity contribution in [3.8, 4) is 0 Å². The monoisotopic (exact) mass is 397 g/mol. The summed E-state index contributed by atoms with van der Waals surface area (Å²) in [6, 6.07) is 5.85. The maximum atomic E-state index is 13.2. The molecule has 1 amide bonds. The molecule has 5 heteroatoms. The normalized spacial score (nSPS) is 14.9. The van der Waals surface area contributed by atoms with E-state index in [-0.39, 0.29) is 5.91 Å². The summed E-state index contributed by atoms with van der Waals surface area (Å²) in [7, 11) is 0. The van der Waals surface area contributed by atoms with Gasteiger partial charge in [0.05, 0.1) is 16.3 Å². The molecule has 0 unspecified atom stereocenters. The van der Waals surface area contributed by atoms with Gasteiger partial charge in [-0.05, 0) is 69.9 Å². The zero-order valence-corrected chi connectivity index (χ0v) is 17.9. The summed E-state index contributed by atoms with van der Waals surface area (Å²) in [6.07, 6.45) is 7.05. The Bertz CT molecular complexity index is 1000. The Balaban J connectivity index is 2.10. The quantitative estimate of drug-likeness (QED) is 0.834. The van der Waals surface area contributed by atoms with E-state index in [1.165, 1.54) is 6.42 Å². The van der Waals surface area contributed by atoms with Crippen molar-refractivity contribution in [2.75, 3.05) is 18.4 Å². The van der Waals surface area contributed by atoms with E-state index >= 15 is 0 Å². The van der Waals surface area contributed by atoms with Crippen molar-refractivity contribution >= 4 is 40.7 Å². The molecule has 0 aliphatic carbocycles. The minimum Gasteiger partial charge on any atom is -0.339 e. The molecule has 1 aromatic carbocycles. The number of nitrogens with one attached hydrogen (secondary N) is 1. The number of hydrogen-bond donors (Lipinski definition) is 1. The van der Waals surface area contributed by atoms with Crippen LogP contribution in [0.3, 0.4) is 0 Å². The molecule has 0 saturated carbocycles. The zero-order chi connectivity index (χ0) is 20.3. The number of aryl methyl sites for hydroxylation is 1. The molecule has 0 bridgehead atoms. The number of nitrogens with zero attached hydrogens (tertiary/aromatic N) is 2. The van der Waals surface area contributed by atoms with Crippen LogP contribution in [0.25, 0.3) is 11.6 Å². The predicted octanol–water partition coefficient (Wildman–Crippen LogP) is 4.40. The third-order valence-electron chi connectivity index (χ3n) is 5.15. The van der Waals surface area contributed by atoms with Crippen LogP contribution < -0.4 is 15.8 Å². The summed E-state index contributed by atoms with van der Waals surface area (Å²) < 4.78 is 0. The number of anilines is 2. The smallest absolute Gasteiger partial charge is 0.256 e. The van der Waals surface area contributed by atoms with Crippen molar-refractivity contribution in [3.63, 3.8) is 0 Å². The van der Waals surface area contributed by atoms with Gasteiger partial charge in [-0.2, -0.15) is 0 Å². The first-order valence-corrected chi connectivity index (χ1v) is 10.3. The van der Waals surface area contributed by atoms with E-state index in [1.54, 1.807) is 6.20 Å². The number of pyridine rings is 1. The zero-order valence-electron chi connectivity index (χ0n) is 17.1. The van der Waals surface area contributed by atoms with Crippen molar-refractivity contribution in [2.24, 2.45) is 0 Å². The van der Waals surface area contributed by atoms with Gasteiger partial charge in [0.2, 0.25) is 0 Å². The molecular weight excluding hydrogens is 370 g/mol. The van der Waals surface area contributed by atoms with Crippen LogP contribution in [0.5, 0.6) is 0 Å². The highest BCUT2D eigenvalue weighted by molar-refractivity contribution is 6.33. The topological polar surface area (TPSA) is 45.2 Å². The molecule has 0 spiro atoms. The molecule has 4 nitrogen and oxygen atoms in total. The lowest BCUT2D eigenvalue weighted by Crippen LogP contribution is -2.42. The van der Waals surface area contributed by atoms with Gasteiger partial charge in [-0.25, -0.2) is 4.98 Å². The molecule has 148 valence electrons. The van der Waals surface area contributed by atoms with E-state index in [9.17, 15) is 4.79 Å². The van der Waals surface area contributed by atoms with Gasteiger partial charge >= 0.3 is 0 Å². The summed E-state index contributed by atoms with van der Waals surface area (Å²) in [4.78, 5) is 19.7. The molecule has 1 fully saturated rings. The Morgan fingerprint density at radius 1 is 1.21 bits per heavy atom. The Morgan fingerprint density at radius 3 is 2.57 bits per heavy atom. The van der Waals surface area contributed by atoms with Gasteiger partial charge in [0, 0.05) is 24.5 Å². The van der Waals surface area contributed by atoms with Crippen LogP contribution in [0.15, 0.2) is 24.4 Å². The number of aromatic nitrogens is 1. The van der Waals surface area contributed by atoms with Crippen molar-refractivity contribution < 1.29 is 4.79 Å². The third kappa shape index (κ3) is 4.22. The van der Waals surface area contributed by atoms with Gasteiger partial charge in [-0.15, -0.1) is 0 Å². The highest BCUT2D eigenvalue weighted by Gasteiger charge is 2.21. The number of amides is 1. The highest BCUT2D eigenvalue weighted by Crippen LogP contribution is 2.24. The number of carbonyl (C=O) groups excluding carboxylic acids is 1. The van der Waals surface area contributed by atoms with Crippen LogP contribution in [0.4, 0.5) is 11.5 Å². The molecule has 1 aromatic heterocycles. The SMILES string of the molecule is CC=c1c(Nc2cc(C)ccc2Cl)ncc(C(=O)N2CCCCC2)c1=C(C)C. The maximum Gasteiger partial charge on any atom is 0.256 e. The third-order valence-corrected chi connectivity index (χ3v) is 5.48. The molecule has 2 aromatic rings. The summed E-state index contributed by atoms with van der Waals surface area (Å²) in [5.74, 6) is 0.785. The summed E-state index contributed by atoms with van der Waals surface area (Å²) in [5.41, 5.74) is 3.70. The van der Waals surface area contributed by atoms with E-state index in [1.807, 2.05) is 56.9 Å². The van der Waals surface area contributed by atoms with Crippen molar-refractivity contribution in [1.29, 1.82) is 0 Å². The number of hydrogen-bond acceptors (Lipinski definition) is 3. The fourth-order valence-corrected chi connectivity index (χ4v) is 3.90. The lowest BCUT2D eigenvalue weighted by Gasteiger charge is -2.27. The van der Waals surface area contributed by atoms with Crippen LogP contribution in [-0.2, 0) is 0 Å². The fraction of sp³-hybridized carbons (Fsp3) is 0.391. The van der Waals surface area contributed by atoms with Crippen LogP contribution in [0.2, 0.25) is 5.02 Å². The Hall–Kier alpha value is -2.33. The summed E-state index contributed by atoms with van der Waals surface area (Å²) >= 11 is 6.36. The van der Waals surface area contributed by atoms with E-state index in [0.29, 0.717) is 16.4 Å². The minimum atomic E-state index is 0.0756. The van der Waals surface area contributed by atoms with Gasteiger partial charge in [-0.1, -0.05) is 29.3 Å². The first-order chi connectivity index (χ1) is 13.4. The largest absolute Gasteiger partial charge is 0.339 e. The minimum absolute atomic E-state index is 0.0756. The molecule has 1 saturated heterocycles. The molecule has 1 aliphatic rings. The average molecular weight is 398 g/mol. The van der Waals surface area contributed by atoms with E-state index in [2.05, 4.69) is 10.3 Å². The predicted molar refractivity (Wildman–Crippen MR) is 118 cm³/mol. The van der Waals surface area contributed by atoms with Crippen molar-refractivity contribution in [3.05, 3.63) is 51.0 Å². The second-order valence-corrected chi connectivity index (χ2v) is 7.97. The number of halogens is 1. The molecule has 1 N–H and O–H groups in total. The van der Waals surface area contributed by atoms with Crippen molar-refractivity contribution in [2.45, 2.75) is 47.0 Å². The molecular formula is C23H28ClN3O. The number of benzene rings is 1. The van der Waals surface area contributed by atoms with Crippen LogP contribution in [0.1, 0.15) is 56.0 Å². The molecule has 0 radical (unpaired) electrons. The number of piperidine rings is 1. The van der Waals surface area contributed by atoms with Crippen molar-refractivity contribution in [1.82, 2.24) is 9.88 Å². The maximum absolute atomic E-state index is 13.2. The average Bonchev–Trinajstić information content (AvgIpc) is 2.70. The van der Waals surface area contributed by atoms with E-state index in [0.717, 1.165) is 53.2 Å². The number of likely N-dealkylation sites (tertiary alicyclic amines) is 1. The van der Waals surface area contributed by atoms with Gasteiger partial charge < -0.3 is 10.2 Å². The first-order valence-electron chi connectivity index (χ1n) is 9.87. The van der Waals surface area contributed by atoms with Crippen LogP contribution in [0, 0.1) is 6.92 Å². The standard InChI is InChI=1S/C23H28ClN3O/c1-5-17-21(15(2)3)18(23(28)27-11-7-6-8-12-27)14-25-22(17)26-20-13-16(4)9-10-19(20)24/h5,9-10,13-14H,6-8,11-12H2,1-4H3,(H,25,26). The van der Waals surface area contributed by atoms with Crippen LogP contribution in [-0.4, -0.2) is 28.9 Å². The van der Waals surface area contributed by atoms with E-state index < -0.39 is 0 Å². The fourth-order valence-electron chi connectivity index (χ4n) is 3.74. The Labute approximate surface area is 171 Å². The lowest BCUT2D eigenvalue weighted by atomic mass is 10.0. The molecule has 28 heavy (non-hydrogen) atoms. The molecule has 1 aliphatic heterocycles. The number of rotatable bonds is 3. The summed E-state index contributed by atoms with van der Waals surface area (Å²) in [6.45, 7) is 9.73. The lowest BCUT2D eigenvalue weighted by molar-refractivity contribution is 0.0722. The second-order valence-electron chi connectivity index (χ2n) is 7.56. The van der Waals surface area contributed by atoms with Gasteiger partial charge in [-0.3, -0.25) is 4.79 Å². The van der Waals surface area contributed by atoms with Crippen LogP contribution >= 0.6 is 11.6 Å². The van der Waals surface area contributed by atoms with Gasteiger partial charge in [0.25, 0.3) is 5.91 Å². The molecule has 0 atom stereocenters. The molecule has 2 heterocycles. The summed E-state index contributed by atoms with van der Waals surface area (Å²) in [5, 5.41) is 5.89.